The largest absolute Gasteiger partial charge is 0.303 e. The molecule has 0 radical (unpaired) electrons. The third kappa shape index (κ3) is 4.07. The van der Waals surface area contributed by atoms with E-state index in [2.05, 4.69) is 9.88 Å². The van der Waals surface area contributed by atoms with Crippen molar-refractivity contribution in [2.24, 2.45) is 0 Å². The van der Waals surface area contributed by atoms with Crippen molar-refractivity contribution in [2.75, 3.05) is 31.1 Å². The van der Waals surface area contributed by atoms with Gasteiger partial charge in [0, 0.05) is 29.8 Å². The van der Waals surface area contributed by atoms with Gasteiger partial charge in [-0.3, -0.25) is 9.69 Å². The molecule has 1 fully saturated rings. The zero-order chi connectivity index (χ0) is 19.5. The zero-order valence-corrected chi connectivity index (χ0v) is 16.5. The first-order valence-corrected chi connectivity index (χ1v) is 10.3. The van der Waals surface area contributed by atoms with Crippen molar-refractivity contribution in [3.8, 4) is 11.4 Å². The van der Waals surface area contributed by atoms with Gasteiger partial charge in [0.1, 0.15) is 11.6 Å². The Morgan fingerprint density at radius 2 is 1.89 bits per heavy atom. The predicted octanol–water partition coefficient (Wildman–Crippen LogP) is 3.75. The molecule has 28 heavy (non-hydrogen) atoms. The molecule has 0 N–H and O–H groups in total. The minimum absolute atomic E-state index is 0.120. The molecular formula is C22H27FN4O. The monoisotopic (exact) mass is 382 g/mol. The van der Waals surface area contributed by atoms with Crippen LogP contribution in [0.1, 0.15) is 43.4 Å². The van der Waals surface area contributed by atoms with E-state index in [0.29, 0.717) is 36.6 Å². The summed E-state index contributed by atoms with van der Waals surface area (Å²) in [5, 5.41) is 0. The first-order valence-electron chi connectivity index (χ1n) is 10.3. The highest BCUT2D eigenvalue weighted by atomic mass is 19.1. The number of carbonyl (C=O) groups is 1. The van der Waals surface area contributed by atoms with E-state index in [0.717, 1.165) is 37.3 Å². The van der Waals surface area contributed by atoms with Crippen LogP contribution >= 0.6 is 0 Å². The Morgan fingerprint density at radius 1 is 1.07 bits per heavy atom. The van der Waals surface area contributed by atoms with E-state index in [1.165, 1.54) is 31.4 Å². The number of amides is 1. The van der Waals surface area contributed by atoms with Gasteiger partial charge in [-0.15, -0.1) is 0 Å². The van der Waals surface area contributed by atoms with Crippen molar-refractivity contribution in [2.45, 2.75) is 45.4 Å². The van der Waals surface area contributed by atoms with Gasteiger partial charge < -0.3 is 4.90 Å². The highest BCUT2D eigenvalue weighted by molar-refractivity contribution is 5.95. The van der Waals surface area contributed by atoms with E-state index in [1.54, 1.807) is 12.1 Å². The van der Waals surface area contributed by atoms with Gasteiger partial charge in [0.25, 0.3) is 0 Å². The highest BCUT2D eigenvalue weighted by Gasteiger charge is 2.28. The van der Waals surface area contributed by atoms with E-state index in [4.69, 9.17) is 4.98 Å². The second-order valence-corrected chi connectivity index (χ2v) is 7.75. The van der Waals surface area contributed by atoms with Crippen LogP contribution in [0.25, 0.3) is 11.4 Å². The molecule has 0 atom stereocenters. The molecule has 0 saturated carbocycles. The predicted molar refractivity (Wildman–Crippen MR) is 108 cm³/mol. The molecule has 5 nitrogen and oxygen atoms in total. The Labute approximate surface area is 165 Å². The summed E-state index contributed by atoms with van der Waals surface area (Å²) in [6.07, 6.45) is 5.98. The molecule has 0 unspecified atom stereocenters. The number of nitrogens with zero attached hydrogens (tertiary/aromatic N) is 4. The van der Waals surface area contributed by atoms with E-state index < -0.39 is 0 Å². The number of likely N-dealkylation sites (tertiary alicyclic amines) is 1. The standard InChI is InChI=1S/C22H27FN4O/c1-16-19-9-10-20(28)27(14-6-13-26-11-3-2-4-12-26)22(19)25-21(24-16)17-7-5-8-18(23)15-17/h5,7-8,15H,2-4,6,9-14H2,1H3. The average Bonchev–Trinajstić information content (AvgIpc) is 2.70. The molecule has 6 heteroatoms. The van der Waals surface area contributed by atoms with Crippen molar-refractivity contribution < 1.29 is 9.18 Å². The fourth-order valence-corrected chi connectivity index (χ4v) is 4.20. The van der Waals surface area contributed by atoms with Gasteiger partial charge in [-0.25, -0.2) is 14.4 Å². The minimum Gasteiger partial charge on any atom is -0.303 e. The molecule has 2 aliphatic rings. The summed E-state index contributed by atoms with van der Waals surface area (Å²) in [4.78, 5) is 26.2. The summed E-state index contributed by atoms with van der Waals surface area (Å²) >= 11 is 0. The van der Waals surface area contributed by atoms with E-state index in [1.807, 2.05) is 11.8 Å². The van der Waals surface area contributed by atoms with Crippen molar-refractivity contribution in [3.05, 3.63) is 41.3 Å². The maximum atomic E-state index is 13.6. The molecule has 148 valence electrons. The van der Waals surface area contributed by atoms with Gasteiger partial charge in [0.05, 0.1) is 0 Å². The van der Waals surface area contributed by atoms with E-state index >= 15 is 0 Å². The number of hydrogen-bond acceptors (Lipinski definition) is 4. The lowest BCUT2D eigenvalue weighted by molar-refractivity contribution is -0.119. The zero-order valence-electron chi connectivity index (χ0n) is 16.5. The third-order valence-corrected chi connectivity index (χ3v) is 5.73. The number of halogens is 1. The summed E-state index contributed by atoms with van der Waals surface area (Å²) in [5.74, 6) is 0.994. The minimum atomic E-state index is -0.314. The van der Waals surface area contributed by atoms with Crippen LogP contribution in [0.5, 0.6) is 0 Å². The molecule has 1 saturated heterocycles. The molecule has 2 aromatic rings. The fourth-order valence-electron chi connectivity index (χ4n) is 4.20. The second kappa shape index (κ2) is 8.35. The Balaban J connectivity index is 1.56. The summed E-state index contributed by atoms with van der Waals surface area (Å²) < 4.78 is 13.6. The molecule has 1 aromatic heterocycles. The normalized spacial score (nSPS) is 17.6. The summed E-state index contributed by atoms with van der Waals surface area (Å²) in [6.45, 7) is 5.96. The van der Waals surface area contributed by atoms with Crippen LogP contribution in [0.2, 0.25) is 0 Å². The average molecular weight is 382 g/mol. The highest BCUT2D eigenvalue weighted by Crippen LogP contribution is 2.30. The quantitative estimate of drug-likeness (QED) is 0.790. The van der Waals surface area contributed by atoms with Crippen LogP contribution < -0.4 is 4.90 Å². The van der Waals surface area contributed by atoms with E-state index in [9.17, 15) is 9.18 Å². The number of hydrogen-bond donors (Lipinski definition) is 0. The van der Waals surface area contributed by atoms with Gasteiger partial charge in [-0.1, -0.05) is 18.6 Å². The molecule has 2 aliphatic heterocycles. The van der Waals surface area contributed by atoms with Gasteiger partial charge in [-0.05, 0) is 64.4 Å². The van der Waals surface area contributed by atoms with Crippen LogP contribution in [-0.4, -0.2) is 47.0 Å². The van der Waals surface area contributed by atoms with Gasteiger partial charge in [0.15, 0.2) is 5.82 Å². The maximum absolute atomic E-state index is 13.6. The summed E-state index contributed by atoms with van der Waals surface area (Å²) in [7, 11) is 0. The Bertz CT molecular complexity index is 864. The number of piperidine rings is 1. The van der Waals surface area contributed by atoms with Gasteiger partial charge in [-0.2, -0.15) is 0 Å². The van der Waals surface area contributed by atoms with Gasteiger partial charge in [0.2, 0.25) is 5.91 Å². The lowest BCUT2D eigenvalue weighted by Crippen LogP contribution is -2.39. The number of fused-ring (bicyclic) bond motifs is 1. The number of carbonyl (C=O) groups excluding carboxylic acids is 1. The Kier molecular flexibility index (Phi) is 5.67. The smallest absolute Gasteiger partial charge is 0.228 e. The maximum Gasteiger partial charge on any atom is 0.228 e. The van der Waals surface area contributed by atoms with Crippen molar-refractivity contribution in [1.82, 2.24) is 14.9 Å². The van der Waals surface area contributed by atoms with Crippen molar-refractivity contribution >= 4 is 11.7 Å². The molecular weight excluding hydrogens is 355 g/mol. The summed E-state index contributed by atoms with van der Waals surface area (Å²) in [6, 6.07) is 6.30. The first-order chi connectivity index (χ1) is 13.6. The first kappa shape index (κ1) is 19.0. The second-order valence-electron chi connectivity index (χ2n) is 7.75. The topological polar surface area (TPSA) is 49.3 Å². The fraction of sp³-hybridized carbons (Fsp3) is 0.500. The molecule has 4 rings (SSSR count). The number of rotatable bonds is 5. The Morgan fingerprint density at radius 3 is 2.68 bits per heavy atom. The SMILES string of the molecule is Cc1nc(-c2cccc(F)c2)nc2c1CCC(=O)N2CCCN1CCCCC1. The number of benzene rings is 1. The lowest BCUT2D eigenvalue weighted by Gasteiger charge is -2.31. The molecule has 1 amide bonds. The van der Waals surface area contributed by atoms with Crippen LogP contribution in [0.4, 0.5) is 10.2 Å². The van der Waals surface area contributed by atoms with Crippen LogP contribution in [0, 0.1) is 12.7 Å². The number of anilines is 1. The molecule has 3 heterocycles. The molecule has 1 aromatic carbocycles. The van der Waals surface area contributed by atoms with Crippen LogP contribution in [0.15, 0.2) is 24.3 Å². The summed E-state index contributed by atoms with van der Waals surface area (Å²) in [5.41, 5.74) is 2.55. The molecule has 0 aliphatic carbocycles. The van der Waals surface area contributed by atoms with Crippen molar-refractivity contribution in [3.63, 3.8) is 0 Å². The van der Waals surface area contributed by atoms with Gasteiger partial charge >= 0.3 is 0 Å². The van der Waals surface area contributed by atoms with Crippen LogP contribution in [-0.2, 0) is 11.2 Å². The third-order valence-electron chi connectivity index (χ3n) is 5.73. The molecule has 0 spiro atoms. The van der Waals surface area contributed by atoms with Crippen LogP contribution in [0.3, 0.4) is 0 Å². The Hall–Kier alpha value is -2.34. The molecule has 0 bridgehead atoms. The number of aryl methyl sites for hydroxylation is 1. The lowest BCUT2D eigenvalue weighted by atomic mass is 10.0. The number of aromatic nitrogens is 2. The van der Waals surface area contributed by atoms with E-state index in [-0.39, 0.29) is 11.7 Å². The van der Waals surface area contributed by atoms with Crippen molar-refractivity contribution in [1.29, 1.82) is 0 Å².